The van der Waals surface area contributed by atoms with E-state index in [-0.39, 0.29) is 19.0 Å². The van der Waals surface area contributed by atoms with E-state index in [2.05, 4.69) is 15.5 Å². The summed E-state index contributed by atoms with van der Waals surface area (Å²) in [5.41, 5.74) is 4.55. The summed E-state index contributed by atoms with van der Waals surface area (Å²) in [6.07, 6.45) is 1.43. The lowest BCUT2D eigenvalue weighted by Gasteiger charge is -2.28. The fraction of sp³-hybridized carbons (Fsp3) is 0.440. The number of aliphatic hydroxyl groups excluding tert-OH is 1. The molecule has 1 saturated heterocycles. The number of anilines is 2. The topological polar surface area (TPSA) is 111 Å². The van der Waals surface area contributed by atoms with E-state index in [0.29, 0.717) is 12.2 Å². The van der Waals surface area contributed by atoms with Gasteiger partial charge in [0.25, 0.3) is 0 Å². The Morgan fingerprint density at radius 2 is 1.59 bits per heavy atom. The van der Waals surface area contributed by atoms with Crippen LogP contribution in [0.2, 0.25) is 0 Å². The fourth-order valence-corrected chi connectivity index (χ4v) is 3.82. The number of carboxylic acid groups (broad SMARTS) is 1. The predicted molar refractivity (Wildman–Crippen MR) is 137 cm³/mol. The molecule has 9 heteroatoms. The van der Waals surface area contributed by atoms with Gasteiger partial charge in [-0.1, -0.05) is 42.3 Å². The molecule has 8 nitrogen and oxygen atoms in total. The number of piperidine rings is 1. The van der Waals surface area contributed by atoms with Gasteiger partial charge in [-0.25, -0.2) is 9.59 Å². The molecule has 1 atom stereocenters. The van der Waals surface area contributed by atoms with Crippen LogP contribution in [-0.4, -0.2) is 59.6 Å². The van der Waals surface area contributed by atoms with E-state index < -0.39 is 18.3 Å². The number of nitrogens with zero attached hydrogens (tertiary/aromatic N) is 1. The summed E-state index contributed by atoms with van der Waals surface area (Å²) >= 11 is 0. The van der Waals surface area contributed by atoms with E-state index in [1.165, 1.54) is 19.3 Å². The molecule has 1 aliphatic heterocycles. The van der Waals surface area contributed by atoms with Gasteiger partial charge in [0.15, 0.2) is 0 Å². The SMILES string of the molecule is Cc1cc(C)c(NC(=O)OCC(O)CN2CCCCC2)c(C)c1.Cl.O=C(O)Nc1ccccc1. The molecule has 3 rings (SSSR count). The first-order valence-corrected chi connectivity index (χ1v) is 11.2. The monoisotopic (exact) mass is 493 g/mol. The standard InChI is InChI=1S/C18H28N2O3.C7H7NO2.ClH/c1-13-9-14(2)17(15(3)10-13)19-18(22)23-12-16(21)11-20-7-5-4-6-8-20;9-7(10)8-6-4-2-1-3-5-6;/h9-10,16,21H,4-8,11-12H2,1-3H3,(H,19,22);1-5,8H,(H,9,10);1H. The van der Waals surface area contributed by atoms with Crippen molar-refractivity contribution in [1.29, 1.82) is 0 Å². The fourth-order valence-electron chi connectivity index (χ4n) is 3.82. The number of hydrogen-bond acceptors (Lipinski definition) is 5. The molecule has 188 valence electrons. The highest BCUT2D eigenvalue weighted by Gasteiger charge is 2.16. The first-order chi connectivity index (χ1) is 15.7. The van der Waals surface area contributed by atoms with E-state index in [0.717, 1.165) is 35.5 Å². The van der Waals surface area contributed by atoms with Crippen LogP contribution in [0.1, 0.15) is 36.0 Å². The van der Waals surface area contributed by atoms with Crippen molar-refractivity contribution in [3.63, 3.8) is 0 Å². The Morgan fingerprint density at radius 3 is 2.15 bits per heavy atom. The summed E-state index contributed by atoms with van der Waals surface area (Å²) in [7, 11) is 0. The molecule has 0 aliphatic carbocycles. The summed E-state index contributed by atoms with van der Waals surface area (Å²) in [6.45, 7) is 8.57. The molecule has 0 saturated carbocycles. The van der Waals surface area contributed by atoms with Crippen LogP contribution in [0.25, 0.3) is 0 Å². The Kier molecular flexibility index (Phi) is 13.0. The lowest BCUT2D eigenvalue weighted by Crippen LogP contribution is -2.38. The Morgan fingerprint density at radius 1 is 1.00 bits per heavy atom. The molecule has 1 unspecified atom stereocenters. The summed E-state index contributed by atoms with van der Waals surface area (Å²) in [6, 6.07) is 12.8. The maximum absolute atomic E-state index is 11.9. The number of likely N-dealkylation sites (tertiary alicyclic amines) is 1. The van der Waals surface area contributed by atoms with E-state index in [9.17, 15) is 14.7 Å². The van der Waals surface area contributed by atoms with E-state index >= 15 is 0 Å². The molecule has 1 aliphatic rings. The molecule has 1 heterocycles. The van der Waals surface area contributed by atoms with Gasteiger partial charge in [0.2, 0.25) is 0 Å². The van der Waals surface area contributed by atoms with Gasteiger partial charge in [0, 0.05) is 17.9 Å². The predicted octanol–water partition coefficient (Wildman–Crippen LogP) is 5.21. The molecular weight excluding hydrogens is 458 g/mol. The van der Waals surface area contributed by atoms with Crippen LogP contribution in [0.5, 0.6) is 0 Å². The number of halogens is 1. The van der Waals surface area contributed by atoms with Crippen LogP contribution in [0, 0.1) is 20.8 Å². The number of para-hydroxylation sites is 1. The molecule has 1 fully saturated rings. The van der Waals surface area contributed by atoms with Crippen molar-refractivity contribution < 1.29 is 24.5 Å². The Labute approximate surface area is 207 Å². The number of amides is 2. The summed E-state index contributed by atoms with van der Waals surface area (Å²) in [4.78, 5) is 24.2. The number of carbonyl (C=O) groups excluding carboxylic acids is 1. The number of carbonyl (C=O) groups is 2. The van der Waals surface area contributed by atoms with Crippen molar-refractivity contribution >= 4 is 36.0 Å². The third kappa shape index (κ3) is 10.9. The zero-order valence-corrected chi connectivity index (χ0v) is 20.9. The van der Waals surface area contributed by atoms with Crippen molar-refractivity contribution in [3.05, 3.63) is 59.2 Å². The van der Waals surface area contributed by atoms with Crippen molar-refractivity contribution in [3.8, 4) is 0 Å². The van der Waals surface area contributed by atoms with Crippen LogP contribution in [-0.2, 0) is 4.74 Å². The highest BCUT2D eigenvalue weighted by atomic mass is 35.5. The number of nitrogens with one attached hydrogen (secondary N) is 2. The number of hydrogen-bond donors (Lipinski definition) is 4. The van der Waals surface area contributed by atoms with Gasteiger partial charge in [-0.3, -0.25) is 10.6 Å². The number of aliphatic hydroxyl groups is 1. The quantitative estimate of drug-likeness (QED) is 0.440. The number of ether oxygens (including phenoxy) is 1. The molecule has 2 amide bonds. The van der Waals surface area contributed by atoms with Crippen molar-refractivity contribution in [2.24, 2.45) is 0 Å². The Bertz CT molecular complexity index is 882. The second-order valence-corrected chi connectivity index (χ2v) is 8.31. The maximum Gasteiger partial charge on any atom is 0.411 e. The lowest BCUT2D eigenvalue weighted by atomic mass is 10.1. The van der Waals surface area contributed by atoms with E-state index in [1.807, 2.05) is 39.0 Å². The number of aryl methyl sites for hydroxylation is 3. The number of rotatable bonds is 6. The van der Waals surface area contributed by atoms with Crippen LogP contribution < -0.4 is 10.6 Å². The van der Waals surface area contributed by atoms with Crippen molar-refractivity contribution in [2.75, 3.05) is 36.9 Å². The van der Waals surface area contributed by atoms with Gasteiger partial charge >= 0.3 is 12.2 Å². The first kappa shape index (κ1) is 29.2. The molecule has 0 radical (unpaired) electrons. The maximum atomic E-state index is 11.9. The van der Waals surface area contributed by atoms with E-state index in [1.54, 1.807) is 24.3 Å². The smallest absolute Gasteiger partial charge is 0.411 e. The second kappa shape index (κ2) is 15.2. The van der Waals surface area contributed by atoms with Crippen LogP contribution in [0.4, 0.5) is 21.0 Å². The van der Waals surface area contributed by atoms with Gasteiger partial charge in [0.1, 0.15) is 12.7 Å². The van der Waals surface area contributed by atoms with Gasteiger partial charge in [-0.05, 0) is 70.0 Å². The molecule has 4 N–H and O–H groups in total. The number of benzene rings is 2. The first-order valence-electron chi connectivity index (χ1n) is 11.2. The highest BCUT2D eigenvalue weighted by Crippen LogP contribution is 2.22. The molecule has 34 heavy (non-hydrogen) atoms. The number of β-amino-alcohol motifs (C(OH)–C–C–N with tert-alkyl or cyclic N) is 1. The normalized spacial score (nSPS) is 14.0. The minimum Gasteiger partial charge on any atom is -0.465 e. The Balaban J connectivity index is 0.000000442. The molecule has 2 aromatic rings. The second-order valence-electron chi connectivity index (χ2n) is 8.31. The molecule has 0 bridgehead atoms. The summed E-state index contributed by atoms with van der Waals surface area (Å²) < 4.78 is 5.16. The minimum atomic E-state index is -1.04. The minimum absolute atomic E-state index is 0. The molecule has 2 aromatic carbocycles. The van der Waals surface area contributed by atoms with Gasteiger partial charge in [-0.15, -0.1) is 12.4 Å². The van der Waals surface area contributed by atoms with Gasteiger partial charge in [-0.2, -0.15) is 0 Å². The molecule has 0 aromatic heterocycles. The van der Waals surface area contributed by atoms with Crippen molar-refractivity contribution in [2.45, 2.75) is 46.1 Å². The summed E-state index contributed by atoms with van der Waals surface area (Å²) in [5, 5.41) is 23.3. The third-order valence-corrected chi connectivity index (χ3v) is 5.25. The average Bonchev–Trinajstić information content (AvgIpc) is 2.76. The molecule has 0 spiro atoms. The largest absolute Gasteiger partial charge is 0.465 e. The van der Waals surface area contributed by atoms with Crippen molar-refractivity contribution in [1.82, 2.24) is 4.90 Å². The van der Waals surface area contributed by atoms with Gasteiger partial charge < -0.3 is 19.8 Å². The Hall–Kier alpha value is -2.81. The van der Waals surface area contributed by atoms with E-state index in [4.69, 9.17) is 9.84 Å². The van der Waals surface area contributed by atoms with Gasteiger partial charge in [0.05, 0.1) is 0 Å². The van der Waals surface area contributed by atoms with Crippen LogP contribution >= 0.6 is 12.4 Å². The zero-order valence-electron chi connectivity index (χ0n) is 20.0. The third-order valence-electron chi connectivity index (χ3n) is 5.25. The highest BCUT2D eigenvalue weighted by molar-refractivity contribution is 5.87. The zero-order chi connectivity index (χ0) is 24.2. The summed E-state index contributed by atoms with van der Waals surface area (Å²) in [5.74, 6) is 0. The van der Waals surface area contributed by atoms with Crippen LogP contribution in [0.15, 0.2) is 42.5 Å². The van der Waals surface area contributed by atoms with Crippen LogP contribution in [0.3, 0.4) is 0 Å². The molecular formula is C25H36ClN3O5. The average molecular weight is 494 g/mol. The lowest BCUT2D eigenvalue weighted by molar-refractivity contribution is 0.0437.